The van der Waals surface area contributed by atoms with Crippen molar-refractivity contribution in [1.29, 1.82) is 0 Å². The number of hydrogen-bond acceptors (Lipinski definition) is 0. The average molecular weight is 305 g/mol. The molecule has 2 aromatic rings. The summed E-state index contributed by atoms with van der Waals surface area (Å²) in [7, 11) is 0. The largest absolute Gasteiger partial charge is 0.203 e. The average Bonchev–Trinajstić information content (AvgIpc) is 2.45. The second kappa shape index (κ2) is 5.63. The van der Waals surface area contributed by atoms with Crippen LogP contribution in [0.2, 0.25) is 5.02 Å². The zero-order valence-corrected chi connectivity index (χ0v) is 10.5. The lowest BCUT2D eigenvalue weighted by molar-refractivity contribution is 0.377. The van der Waals surface area contributed by atoms with Gasteiger partial charge in [0.1, 0.15) is 0 Å². The fourth-order valence-corrected chi connectivity index (χ4v) is 1.75. The van der Waals surface area contributed by atoms with Crippen molar-refractivity contribution in [2.45, 2.75) is 0 Å². The first-order chi connectivity index (χ1) is 9.43. The van der Waals surface area contributed by atoms with Crippen LogP contribution in [-0.2, 0) is 0 Å². The van der Waals surface area contributed by atoms with Crippen molar-refractivity contribution in [3.8, 4) is 0 Å². The Morgan fingerprint density at radius 2 is 1.20 bits per heavy atom. The van der Waals surface area contributed by atoms with Crippen molar-refractivity contribution in [3.05, 3.63) is 69.5 Å². The first-order valence-corrected chi connectivity index (χ1v) is 5.75. The van der Waals surface area contributed by atoms with Gasteiger partial charge in [0.25, 0.3) is 0 Å². The van der Waals surface area contributed by atoms with Crippen LogP contribution in [0.4, 0.5) is 22.0 Å². The molecule has 0 aliphatic carbocycles. The third-order valence-electron chi connectivity index (χ3n) is 2.58. The third kappa shape index (κ3) is 2.54. The van der Waals surface area contributed by atoms with Crippen LogP contribution in [0.25, 0.3) is 12.2 Å². The fourth-order valence-electron chi connectivity index (χ4n) is 1.55. The lowest BCUT2D eigenvalue weighted by Gasteiger charge is -2.04. The Bertz CT molecular complexity index is 665. The summed E-state index contributed by atoms with van der Waals surface area (Å²) < 4.78 is 65.6. The normalized spacial score (nSPS) is 11.3. The summed E-state index contributed by atoms with van der Waals surface area (Å²) in [6.45, 7) is 0. The fraction of sp³-hybridized carbons (Fsp3) is 0. The third-order valence-corrected chi connectivity index (χ3v) is 2.92. The second-order valence-electron chi connectivity index (χ2n) is 3.84. The van der Waals surface area contributed by atoms with E-state index in [0.717, 1.165) is 6.08 Å². The van der Waals surface area contributed by atoms with Crippen LogP contribution in [0.1, 0.15) is 11.1 Å². The highest BCUT2D eigenvalue weighted by molar-refractivity contribution is 6.32. The maximum absolute atomic E-state index is 13.4. The maximum Gasteiger partial charge on any atom is 0.200 e. The van der Waals surface area contributed by atoms with E-state index >= 15 is 0 Å². The molecule has 0 radical (unpaired) electrons. The van der Waals surface area contributed by atoms with E-state index in [1.165, 1.54) is 18.2 Å². The van der Waals surface area contributed by atoms with Crippen LogP contribution in [0.5, 0.6) is 0 Å². The summed E-state index contributed by atoms with van der Waals surface area (Å²) in [6.07, 6.45) is 1.96. The van der Waals surface area contributed by atoms with Crippen LogP contribution in [0.15, 0.2) is 24.3 Å². The second-order valence-corrected chi connectivity index (χ2v) is 4.25. The molecule has 2 aromatic carbocycles. The Labute approximate surface area is 116 Å². The smallest absolute Gasteiger partial charge is 0.200 e. The van der Waals surface area contributed by atoms with Crippen molar-refractivity contribution in [2.24, 2.45) is 0 Å². The Morgan fingerprint density at radius 1 is 0.700 bits per heavy atom. The molecular formula is C14H6ClF5. The van der Waals surface area contributed by atoms with Gasteiger partial charge >= 0.3 is 0 Å². The zero-order chi connectivity index (χ0) is 14.9. The van der Waals surface area contributed by atoms with Gasteiger partial charge in [0.15, 0.2) is 23.3 Å². The van der Waals surface area contributed by atoms with Crippen molar-refractivity contribution < 1.29 is 22.0 Å². The minimum Gasteiger partial charge on any atom is -0.203 e. The Kier molecular flexibility index (Phi) is 4.09. The summed E-state index contributed by atoms with van der Waals surface area (Å²) in [6, 6.07) is 6.31. The van der Waals surface area contributed by atoms with Gasteiger partial charge in [0.05, 0.1) is 5.56 Å². The summed E-state index contributed by atoms with van der Waals surface area (Å²) in [5.41, 5.74) is -0.626. The number of benzene rings is 2. The first kappa shape index (κ1) is 14.5. The van der Waals surface area contributed by atoms with Crippen LogP contribution >= 0.6 is 11.6 Å². The number of rotatable bonds is 2. The monoisotopic (exact) mass is 304 g/mol. The molecule has 0 N–H and O–H groups in total. The summed E-state index contributed by atoms with van der Waals surface area (Å²) >= 11 is 5.81. The first-order valence-electron chi connectivity index (χ1n) is 5.37. The SMILES string of the molecule is Fc1c(F)c(F)c(/C=C/c2ccccc2Cl)c(F)c1F. The highest BCUT2D eigenvalue weighted by Gasteiger charge is 2.24. The molecule has 0 aliphatic heterocycles. The highest BCUT2D eigenvalue weighted by Crippen LogP contribution is 2.25. The van der Waals surface area contributed by atoms with E-state index in [-0.39, 0.29) is 5.02 Å². The number of halogens is 6. The van der Waals surface area contributed by atoms with E-state index in [1.807, 2.05) is 0 Å². The molecule has 0 nitrogen and oxygen atoms in total. The molecule has 104 valence electrons. The van der Waals surface area contributed by atoms with E-state index in [4.69, 9.17) is 11.6 Å². The highest BCUT2D eigenvalue weighted by atomic mass is 35.5. The predicted molar refractivity (Wildman–Crippen MR) is 66.6 cm³/mol. The van der Waals surface area contributed by atoms with E-state index in [0.29, 0.717) is 5.56 Å². The van der Waals surface area contributed by atoms with Crippen molar-refractivity contribution in [3.63, 3.8) is 0 Å². The molecule has 0 amide bonds. The molecule has 6 heteroatoms. The van der Waals surface area contributed by atoms with E-state index < -0.39 is 34.6 Å². The van der Waals surface area contributed by atoms with Crippen molar-refractivity contribution in [2.75, 3.05) is 0 Å². The summed E-state index contributed by atoms with van der Waals surface area (Å²) in [4.78, 5) is 0. The standard InChI is InChI=1S/C14H6ClF5/c15-9-4-2-1-3-7(9)5-6-8-10(16)12(18)14(20)13(19)11(8)17/h1-6H/b6-5+. The van der Waals surface area contributed by atoms with E-state index in [1.54, 1.807) is 12.1 Å². The van der Waals surface area contributed by atoms with Crippen molar-refractivity contribution in [1.82, 2.24) is 0 Å². The van der Waals surface area contributed by atoms with E-state index in [9.17, 15) is 22.0 Å². The molecule has 0 aliphatic rings. The van der Waals surface area contributed by atoms with Gasteiger partial charge in [-0.05, 0) is 17.7 Å². The minimum absolute atomic E-state index is 0.285. The van der Waals surface area contributed by atoms with Gasteiger partial charge in [0.2, 0.25) is 5.82 Å². The van der Waals surface area contributed by atoms with Crippen molar-refractivity contribution >= 4 is 23.8 Å². The Hall–Kier alpha value is -1.88. The number of hydrogen-bond donors (Lipinski definition) is 0. The molecule has 2 rings (SSSR count). The lowest BCUT2D eigenvalue weighted by atomic mass is 10.1. The van der Waals surface area contributed by atoms with E-state index in [2.05, 4.69) is 0 Å². The summed E-state index contributed by atoms with van der Waals surface area (Å²) in [5.74, 6) is -9.92. The van der Waals surface area contributed by atoms with Gasteiger partial charge in [-0.25, -0.2) is 22.0 Å². The molecule has 0 unspecified atom stereocenters. The molecule has 0 bridgehead atoms. The van der Waals surface area contributed by atoms with Crippen LogP contribution in [0.3, 0.4) is 0 Å². The van der Waals surface area contributed by atoms with Gasteiger partial charge in [0, 0.05) is 5.02 Å². The molecule has 0 fully saturated rings. The Morgan fingerprint density at radius 3 is 1.75 bits per heavy atom. The molecule has 0 atom stereocenters. The zero-order valence-electron chi connectivity index (χ0n) is 9.73. The van der Waals surface area contributed by atoms with Gasteiger partial charge < -0.3 is 0 Å². The van der Waals surface area contributed by atoms with Gasteiger partial charge in [-0.15, -0.1) is 0 Å². The van der Waals surface area contributed by atoms with Gasteiger partial charge in [-0.1, -0.05) is 35.9 Å². The van der Waals surface area contributed by atoms with Crippen LogP contribution < -0.4 is 0 Å². The van der Waals surface area contributed by atoms with Crippen LogP contribution in [0, 0.1) is 29.1 Å². The maximum atomic E-state index is 13.4. The molecule has 0 saturated carbocycles. The molecule has 0 aromatic heterocycles. The van der Waals surface area contributed by atoms with Gasteiger partial charge in [-0.2, -0.15) is 0 Å². The predicted octanol–water partition coefficient (Wildman–Crippen LogP) is 5.21. The minimum atomic E-state index is -2.19. The Balaban J connectivity index is 2.53. The lowest BCUT2D eigenvalue weighted by Crippen LogP contribution is -2.03. The molecule has 20 heavy (non-hydrogen) atoms. The quantitative estimate of drug-likeness (QED) is 0.309. The molecular weight excluding hydrogens is 299 g/mol. The van der Waals surface area contributed by atoms with Crippen LogP contribution in [-0.4, -0.2) is 0 Å². The molecule has 0 saturated heterocycles. The topological polar surface area (TPSA) is 0 Å². The van der Waals surface area contributed by atoms with Gasteiger partial charge in [-0.3, -0.25) is 0 Å². The molecule has 0 heterocycles. The summed E-state index contributed by atoms with van der Waals surface area (Å²) in [5, 5.41) is 0.285. The molecule has 0 spiro atoms.